The van der Waals surface area contributed by atoms with E-state index < -0.39 is 5.41 Å². The largest absolute Gasteiger partial charge is 0.312 e. The van der Waals surface area contributed by atoms with E-state index in [2.05, 4.69) is 19.9 Å². The zero-order chi connectivity index (χ0) is 20.6. The number of hydrogen-bond acceptors (Lipinski definition) is 2. The van der Waals surface area contributed by atoms with Crippen LogP contribution >= 0.6 is 0 Å². The molecular weight excluding hydrogens is 348 g/mol. The van der Waals surface area contributed by atoms with E-state index in [0.717, 1.165) is 11.1 Å². The van der Waals surface area contributed by atoms with Gasteiger partial charge in [-0.05, 0) is 54.3 Å². The van der Waals surface area contributed by atoms with Crippen molar-refractivity contribution >= 4 is 23.0 Å². The van der Waals surface area contributed by atoms with Crippen LogP contribution in [0.25, 0.3) is 5.52 Å². The number of fused-ring (bicyclic) bond motifs is 1. The number of anilines is 1. The van der Waals surface area contributed by atoms with E-state index >= 15 is 0 Å². The molecule has 0 aliphatic rings. The quantitative estimate of drug-likeness (QED) is 0.598. The molecule has 4 nitrogen and oxygen atoms in total. The van der Waals surface area contributed by atoms with Crippen molar-refractivity contribution in [1.29, 1.82) is 0 Å². The lowest BCUT2D eigenvalue weighted by Crippen LogP contribution is -2.44. The summed E-state index contributed by atoms with van der Waals surface area (Å²) in [5, 5.41) is 0. The summed E-state index contributed by atoms with van der Waals surface area (Å²) in [5.74, 6) is -0.125. The van der Waals surface area contributed by atoms with Crippen molar-refractivity contribution in [1.82, 2.24) is 4.40 Å². The first-order valence-electron chi connectivity index (χ1n) is 9.67. The molecule has 3 aromatic rings. The normalized spacial score (nSPS) is 11.8. The van der Waals surface area contributed by atoms with Crippen LogP contribution in [0.15, 0.2) is 54.7 Å². The molecule has 28 heavy (non-hydrogen) atoms. The van der Waals surface area contributed by atoms with Crippen LogP contribution in [0, 0.1) is 12.3 Å². The second-order valence-electron chi connectivity index (χ2n) is 8.62. The van der Waals surface area contributed by atoms with Crippen molar-refractivity contribution in [2.75, 3.05) is 4.90 Å². The fourth-order valence-corrected chi connectivity index (χ4v) is 3.31. The first kappa shape index (κ1) is 19.9. The van der Waals surface area contributed by atoms with E-state index in [1.54, 1.807) is 12.1 Å². The predicted octanol–water partition coefficient (Wildman–Crippen LogP) is 5.59. The SMILES string of the molecule is Cc1cc2cc(C(C)C)ccn2c1C(=O)N(C(=O)C(C)(C)C)c1ccccc1. The molecule has 0 aliphatic heterocycles. The minimum Gasteiger partial charge on any atom is -0.312 e. The Balaban J connectivity index is 2.16. The van der Waals surface area contributed by atoms with E-state index in [4.69, 9.17) is 0 Å². The first-order valence-corrected chi connectivity index (χ1v) is 9.67. The van der Waals surface area contributed by atoms with Gasteiger partial charge in [-0.15, -0.1) is 0 Å². The zero-order valence-corrected chi connectivity index (χ0v) is 17.5. The van der Waals surface area contributed by atoms with Gasteiger partial charge < -0.3 is 4.40 Å². The van der Waals surface area contributed by atoms with Gasteiger partial charge in [-0.3, -0.25) is 9.59 Å². The van der Waals surface area contributed by atoms with Crippen LogP contribution in [-0.2, 0) is 4.79 Å². The Morgan fingerprint density at radius 2 is 1.64 bits per heavy atom. The highest BCUT2D eigenvalue weighted by atomic mass is 16.2. The van der Waals surface area contributed by atoms with Crippen molar-refractivity contribution in [3.63, 3.8) is 0 Å². The van der Waals surface area contributed by atoms with Gasteiger partial charge in [0, 0.05) is 17.1 Å². The van der Waals surface area contributed by atoms with E-state index in [0.29, 0.717) is 17.3 Å². The zero-order valence-electron chi connectivity index (χ0n) is 17.5. The van der Waals surface area contributed by atoms with Gasteiger partial charge in [-0.1, -0.05) is 52.8 Å². The van der Waals surface area contributed by atoms with Gasteiger partial charge in [0.05, 0.1) is 5.69 Å². The van der Waals surface area contributed by atoms with E-state index in [9.17, 15) is 9.59 Å². The monoisotopic (exact) mass is 376 g/mol. The number of carbonyl (C=O) groups excluding carboxylic acids is 2. The standard InChI is InChI=1S/C24H28N2O2/c1-16(2)18-12-13-25-20(15-18)14-17(3)21(25)22(27)26(23(28)24(4,5)6)19-10-8-7-9-11-19/h7-16H,1-6H3. The summed E-state index contributed by atoms with van der Waals surface area (Å²) in [6.07, 6.45) is 1.93. The Morgan fingerprint density at radius 1 is 1.00 bits per heavy atom. The van der Waals surface area contributed by atoms with Gasteiger partial charge in [-0.25, -0.2) is 4.90 Å². The summed E-state index contributed by atoms with van der Waals surface area (Å²) < 4.78 is 1.88. The maximum atomic E-state index is 13.6. The van der Waals surface area contributed by atoms with Crippen LogP contribution in [-0.4, -0.2) is 16.2 Å². The van der Waals surface area contributed by atoms with Crippen molar-refractivity contribution in [2.24, 2.45) is 5.41 Å². The minimum atomic E-state index is -0.683. The maximum Gasteiger partial charge on any atom is 0.282 e. The van der Waals surface area contributed by atoms with Crippen LogP contribution < -0.4 is 4.90 Å². The predicted molar refractivity (Wildman–Crippen MR) is 114 cm³/mol. The molecule has 3 rings (SSSR count). The van der Waals surface area contributed by atoms with Gasteiger partial charge in [-0.2, -0.15) is 0 Å². The molecular formula is C24H28N2O2. The Morgan fingerprint density at radius 3 is 2.21 bits per heavy atom. The molecule has 4 heteroatoms. The molecule has 0 aliphatic carbocycles. The highest BCUT2D eigenvalue weighted by Gasteiger charge is 2.34. The lowest BCUT2D eigenvalue weighted by Gasteiger charge is -2.28. The molecule has 0 saturated carbocycles. The lowest BCUT2D eigenvalue weighted by molar-refractivity contribution is -0.125. The molecule has 0 radical (unpaired) electrons. The van der Waals surface area contributed by atoms with Crippen molar-refractivity contribution in [3.05, 3.63) is 71.5 Å². The van der Waals surface area contributed by atoms with Crippen molar-refractivity contribution < 1.29 is 9.59 Å². The second-order valence-corrected chi connectivity index (χ2v) is 8.62. The average molecular weight is 377 g/mol. The summed E-state index contributed by atoms with van der Waals surface area (Å²) >= 11 is 0. The maximum absolute atomic E-state index is 13.6. The number of aromatic nitrogens is 1. The molecule has 0 saturated heterocycles. The van der Waals surface area contributed by atoms with E-state index in [1.165, 1.54) is 10.5 Å². The number of nitrogens with zero attached hydrogens (tertiary/aromatic N) is 2. The first-order chi connectivity index (χ1) is 13.1. The van der Waals surface area contributed by atoms with Crippen LogP contribution in [0.3, 0.4) is 0 Å². The lowest BCUT2D eigenvalue weighted by atomic mass is 9.94. The topological polar surface area (TPSA) is 41.8 Å². The third-order valence-corrected chi connectivity index (χ3v) is 4.92. The smallest absolute Gasteiger partial charge is 0.282 e. The molecule has 0 unspecified atom stereocenters. The van der Waals surface area contributed by atoms with Gasteiger partial charge in [0.15, 0.2) is 0 Å². The number of para-hydroxylation sites is 1. The fourth-order valence-electron chi connectivity index (χ4n) is 3.31. The molecule has 0 N–H and O–H groups in total. The average Bonchev–Trinajstić information content (AvgIpc) is 2.96. The molecule has 0 atom stereocenters. The highest BCUT2D eigenvalue weighted by molar-refractivity contribution is 6.22. The van der Waals surface area contributed by atoms with Gasteiger partial charge in [0.25, 0.3) is 5.91 Å². The molecule has 2 heterocycles. The number of aryl methyl sites for hydroxylation is 1. The van der Waals surface area contributed by atoms with E-state index in [1.807, 2.05) is 68.6 Å². The van der Waals surface area contributed by atoms with Gasteiger partial charge in [0.1, 0.15) is 5.69 Å². The third kappa shape index (κ3) is 3.59. The summed E-state index contributed by atoms with van der Waals surface area (Å²) in [6.45, 7) is 11.7. The highest BCUT2D eigenvalue weighted by Crippen LogP contribution is 2.28. The number of rotatable bonds is 3. The second kappa shape index (κ2) is 7.27. The minimum absolute atomic E-state index is 0.225. The Labute approximate surface area is 166 Å². The van der Waals surface area contributed by atoms with Gasteiger partial charge in [0.2, 0.25) is 5.91 Å². The number of benzene rings is 1. The van der Waals surface area contributed by atoms with Crippen LogP contribution in [0.1, 0.15) is 62.2 Å². The molecule has 0 spiro atoms. The molecule has 1 aromatic carbocycles. The van der Waals surface area contributed by atoms with Crippen LogP contribution in [0.5, 0.6) is 0 Å². The summed E-state index contributed by atoms with van der Waals surface area (Å²) in [6, 6.07) is 15.3. The summed E-state index contributed by atoms with van der Waals surface area (Å²) in [7, 11) is 0. The fraction of sp³-hybridized carbons (Fsp3) is 0.333. The number of hydrogen-bond donors (Lipinski definition) is 0. The number of imide groups is 1. The Bertz CT molecular complexity index is 1020. The third-order valence-electron chi connectivity index (χ3n) is 4.92. The van der Waals surface area contributed by atoms with Crippen molar-refractivity contribution in [2.45, 2.75) is 47.5 Å². The molecule has 0 fully saturated rings. The van der Waals surface area contributed by atoms with Gasteiger partial charge >= 0.3 is 0 Å². The van der Waals surface area contributed by atoms with Crippen LogP contribution in [0.2, 0.25) is 0 Å². The summed E-state index contributed by atoms with van der Waals surface area (Å²) in [4.78, 5) is 28.1. The Hall–Kier alpha value is -2.88. The van der Waals surface area contributed by atoms with E-state index in [-0.39, 0.29) is 11.8 Å². The molecule has 146 valence electrons. The Kier molecular flexibility index (Phi) is 5.16. The number of amides is 2. The number of carbonyl (C=O) groups is 2. The van der Waals surface area contributed by atoms with Crippen LogP contribution in [0.4, 0.5) is 5.69 Å². The number of pyridine rings is 1. The molecule has 2 amide bonds. The van der Waals surface area contributed by atoms with Crippen molar-refractivity contribution in [3.8, 4) is 0 Å². The molecule has 2 aromatic heterocycles. The molecule has 0 bridgehead atoms. The summed E-state index contributed by atoms with van der Waals surface area (Å²) in [5.41, 5.74) is 3.45.